The van der Waals surface area contributed by atoms with Crippen LogP contribution >= 0.6 is 11.6 Å². The van der Waals surface area contributed by atoms with Crippen LogP contribution in [0.1, 0.15) is 24.2 Å². The molecule has 2 aromatic heterocycles. The molecule has 1 N–H and O–H groups in total. The van der Waals surface area contributed by atoms with Gasteiger partial charge < -0.3 is 14.5 Å². The molecular formula is C17H26ClN5O2. The van der Waals surface area contributed by atoms with Crippen molar-refractivity contribution in [1.82, 2.24) is 24.7 Å². The Bertz CT molecular complexity index is 741. The average molecular weight is 368 g/mol. The molecule has 0 aromatic carbocycles. The molecular weight excluding hydrogens is 342 g/mol. The highest BCUT2D eigenvalue weighted by Crippen LogP contribution is 2.31. The number of likely N-dealkylation sites (tertiary alicyclic amines) is 1. The normalized spacial score (nSPS) is 22.0. The Balaban J connectivity index is 1.83. The van der Waals surface area contributed by atoms with Gasteiger partial charge >= 0.3 is 0 Å². The van der Waals surface area contributed by atoms with Gasteiger partial charge in [0.25, 0.3) is 0 Å². The number of aliphatic hydroxyl groups is 1. The smallest absolute Gasteiger partial charge is 0.134 e. The van der Waals surface area contributed by atoms with Gasteiger partial charge in [0.1, 0.15) is 22.3 Å². The summed E-state index contributed by atoms with van der Waals surface area (Å²) in [6.07, 6.45) is 1.78. The van der Waals surface area contributed by atoms with Crippen LogP contribution in [0.25, 0.3) is 11.4 Å². The van der Waals surface area contributed by atoms with Crippen molar-refractivity contribution < 1.29 is 9.63 Å². The maximum absolute atomic E-state index is 10.9. The third-order valence-corrected chi connectivity index (χ3v) is 5.04. The fraction of sp³-hybridized carbons (Fsp3) is 0.647. The number of likely N-dealkylation sites (N-methyl/N-ethyl adjacent to an activating group) is 1. The zero-order chi connectivity index (χ0) is 18.2. The van der Waals surface area contributed by atoms with Crippen molar-refractivity contribution in [1.29, 1.82) is 0 Å². The van der Waals surface area contributed by atoms with Crippen molar-refractivity contribution in [3.8, 4) is 11.4 Å². The number of rotatable bonds is 5. The van der Waals surface area contributed by atoms with E-state index in [0.29, 0.717) is 30.5 Å². The number of nitrogens with zero attached hydrogens (tertiary/aromatic N) is 5. The highest BCUT2D eigenvalue weighted by atomic mass is 35.5. The van der Waals surface area contributed by atoms with Crippen molar-refractivity contribution in [2.75, 3.05) is 33.7 Å². The summed E-state index contributed by atoms with van der Waals surface area (Å²) in [6, 6.07) is 1.86. The lowest BCUT2D eigenvalue weighted by Gasteiger charge is -2.40. The second-order valence-electron chi connectivity index (χ2n) is 7.34. The lowest BCUT2D eigenvalue weighted by Crippen LogP contribution is -2.52. The minimum atomic E-state index is -0.693. The summed E-state index contributed by atoms with van der Waals surface area (Å²) in [4.78, 5) is 4.27. The summed E-state index contributed by atoms with van der Waals surface area (Å²) in [5.74, 6) is 0.737. The topological polar surface area (TPSA) is 70.6 Å². The van der Waals surface area contributed by atoms with Crippen molar-refractivity contribution in [3.05, 3.63) is 22.5 Å². The molecule has 7 nitrogen and oxygen atoms in total. The minimum absolute atomic E-state index is 0.595. The fourth-order valence-corrected chi connectivity index (χ4v) is 3.84. The third kappa shape index (κ3) is 4.06. The van der Waals surface area contributed by atoms with Gasteiger partial charge in [-0.3, -0.25) is 9.58 Å². The quantitative estimate of drug-likeness (QED) is 0.870. The van der Waals surface area contributed by atoms with Gasteiger partial charge in [-0.05, 0) is 40.4 Å². The van der Waals surface area contributed by atoms with Gasteiger partial charge in [0, 0.05) is 38.3 Å². The van der Waals surface area contributed by atoms with E-state index in [1.807, 2.05) is 39.0 Å². The number of halogens is 1. The van der Waals surface area contributed by atoms with E-state index in [1.54, 1.807) is 4.68 Å². The Morgan fingerprint density at radius 2 is 2.20 bits per heavy atom. The van der Waals surface area contributed by atoms with Crippen LogP contribution in [0, 0.1) is 6.92 Å². The molecule has 3 rings (SSSR count). The van der Waals surface area contributed by atoms with Crippen molar-refractivity contribution in [3.63, 3.8) is 0 Å². The van der Waals surface area contributed by atoms with Crippen LogP contribution in [0.2, 0.25) is 5.15 Å². The van der Waals surface area contributed by atoms with Gasteiger partial charge in [0.15, 0.2) is 0 Å². The largest absolute Gasteiger partial charge is 0.387 e. The molecule has 8 heteroatoms. The minimum Gasteiger partial charge on any atom is -0.387 e. The number of hydrogen-bond donors (Lipinski definition) is 1. The number of β-amino-alcohol motifs (C(OH)–C–C–N with tert-alkyl or cyclic N) is 1. The molecule has 0 amide bonds. The first-order valence-electron chi connectivity index (χ1n) is 8.52. The van der Waals surface area contributed by atoms with Crippen LogP contribution in [0.4, 0.5) is 0 Å². The van der Waals surface area contributed by atoms with Gasteiger partial charge in [-0.2, -0.15) is 5.10 Å². The fourth-order valence-electron chi connectivity index (χ4n) is 3.65. The molecule has 2 aromatic rings. The zero-order valence-electron chi connectivity index (χ0n) is 15.3. The summed E-state index contributed by atoms with van der Waals surface area (Å²) in [7, 11) is 5.79. The summed E-state index contributed by atoms with van der Waals surface area (Å²) in [5.41, 5.74) is 1.66. The molecule has 0 radical (unpaired) electrons. The highest BCUT2D eigenvalue weighted by molar-refractivity contribution is 6.30. The average Bonchev–Trinajstić information content (AvgIpc) is 3.05. The van der Waals surface area contributed by atoms with E-state index in [0.717, 1.165) is 36.4 Å². The predicted octanol–water partition coefficient (Wildman–Crippen LogP) is 1.93. The molecule has 138 valence electrons. The summed E-state index contributed by atoms with van der Waals surface area (Å²) in [5, 5.41) is 20.1. The standard InChI is InChI=1S/C17H26ClN5O2/c1-12-8-14(20-25-12)15-13(16(18)22(4)19-15)9-23-7-5-6-17(24,11-23)10-21(2)3/h8,24H,5-7,9-11H2,1-4H3/t17-/m0/s1. The van der Waals surface area contributed by atoms with Gasteiger partial charge in [-0.25, -0.2) is 0 Å². The monoisotopic (exact) mass is 367 g/mol. The van der Waals surface area contributed by atoms with Gasteiger partial charge in [-0.1, -0.05) is 16.8 Å². The van der Waals surface area contributed by atoms with E-state index in [1.165, 1.54) is 0 Å². The molecule has 0 aliphatic carbocycles. The first-order chi connectivity index (χ1) is 11.8. The molecule has 3 heterocycles. The Morgan fingerprint density at radius 3 is 2.84 bits per heavy atom. The lowest BCUT2D eigenvalue weighted by atomic mass is 9.92. The summed E-state index contributed by atoms with van der Waals surface area (Å²) in [6.45, 7) is 4.68. The molecule has 1 atom stereocenters. The number of aromatic nitrogens is 3. The Kier molecular flexibility index (Phi) is 5.20. The van der Waals surface area contributed by atoms with Crippen LogP contribution in [-0.4, -0.2) is 69.2 Å². The molecule has 1 fully saturated rings. The van der Waals surface area contributed by atoms with Gasteiger partial charge in [0.05, 0.1) is 5.60 Å². The van der Waals surface area contributed by atoms with E-state index in [4.69, 9.17) is 16.1 Å². The maximum atomic E-state index is 10.9. The summed E-state index contributed by atoms with van der Waals surface area (Å²) < 4.78 is 6.85. The Hall–Kier alpha value is -1.41. The van der Waals surface area contributed by atoms with E-state index < -0.39 is 5.60 Å². The number of aryl methyl sites for hydroxylation is 2. The molecule has 0 spiro atoms. The van der Waals surface area contributed by atoms with E-state index in [9.17, 15) is 5.11 Å². The Labute approximate surface area is 153 Å². The van der Waals surface area contributed by atoms with Crippen LogP contribution < -0.4 is 0 Å². The van der Waals surface area contributed by atoms with Crippen LogP contribution in [0.3, 0.4) is 0 Å². The second-order valence-corrected chi connectivity index (χ2v) is 7.70. The third-order valence-electron chi connectivity index (χ3n) is 4.57. The molecule has 1 aliphatic rings. The van der Waals surface area contributed by atoms with Crippen LogP contribution in [0.5, 0.6) is 0 Å². The van der Waals surface area contributed by atoms with Crippen molar-refractivity contribution >= 4 is 11.6 Å². The lowest BCUT2D eigenvalue weighted by molar-refractivity contribution is -0.0479. The number of piperidine rings is 1. The molecule has 1 saturated heterocycles. The van der Waals surface area contributed by atoms with Gasteiger partial charge in [-0.15, -0.1) is 0 Å². The van der Waals surface area contributed by atoms with Gasteiger partial charge in [0.2, 0.25) is 0 Å². The SMILES string of the molecule is Cc1cc(-c2nn(C)c(Cl)c2CN2CCC[C@](O)(CN(C)C)C2)no1. The first-order valence-corrected chi connectivity index (χ1v) is 8.90. The van der Waals surface area contributed by atoms with Crippen molar-refractivity contribution in [2.24, 2.45) is 7.05 Å². The second kappa shape index (κ2) is 7.07. The molecule has 1 aliphatic heterocycles. The van der Waals surface area contributed by atoms with E-state index in [-0.39, 0.29) is 0 Å². The summed E-state index contributed by atoms with van der Waals surface area (Å²) >= 11 is 6.49. The first kappa shape index (κ1) is 18.4. The maximum Gasteiger partial charge on any atom is 0.134 e. The molecule has 25 heavy (non-hydrogen) atoms. The molecule has 0 saturated carbocycles. The highest BCUT2D eigenvalue weighted by Gasteiger charge is 2.34. The Morgan fingerprint density at radius 1 is 1.44 bits per heavy atom. The van der Waals surface area contributed by atoms with Crippen molar-refractivity contribution in [2.45, 2.75) is 31.9 Å². The zero-order valence-corrected chi connectivity index (χ0v) is 16.0. The predicted molar refractivity (Wildman–Crippen MR) is 96.5 cm³/mol. The van der Waals surface area contributed by atoms with Crippen LogP contribution in [-0.2, 0) is 13.6 Å². The molecule has 0 bridgehead atoms. The van der Waals surface area contributed by atoms with Crippen LogP contribution in [0.15, 0.2) is 10.6 Å². The molecule has 0 unspecified atom stereocenters. The number of hydrogen-bond acceptors (Lipinski definition) is 6. The van der Waals surface area contributed by atoms with E-state index >= 15 is 0 Å². The van der Waals surface area contributed by atoms with E-state index in [2.05, 4.69) is 15.2 Å².